The third-order valence-electron chi connectivity index (χ3n) is 7.81. The van der Waals surface area contributed by atoms with Gasteiger partial charge < -0.3 is 41.5 Å². The average Bonchev–Trinajstić information content (AvgIpc) is 3.08. The van der Waals surface area contributed by atoms with Crippen LogP contribution in [-0.2, 0) is 52.5 Å². The molecule has 0 saturated heterocycles. The van der Waals surface area contributed by atoms with E-state index in [4.69, 9.17) is 38.9 Å². The van der Waals surface area contributed by atoms with Gasteiger partial charge in [0.05, 0.1) is 8.78 Å². The highest BCUT2D eigenvalue weighted by Gasteiger charge is 2.51. The first-order chi connectivity index (χ1) is 25.7. The van der Waals surface area contributed by atoms with Crippen molar-refractivity contribution in [3.05, 3.63) is 107 Å². The van der Waals surface area contributed by atoms with Gasteiger partial charge in [0.1, 0.15) is 12.1 Å². The molecule has 10 N–H and O–H groups in total. The Hall–Kier alpha value is -4.81. The summed E-state index contributed by atoms with van der Waals surface area (Å²) in [7, 11) is -12.0. The Labute approximate surface area is 306 Å². The zero-order chi connectivity index (χ0) is 42.6. The quantitative estimate of drug-likeness (QED) is 0.0718. The minimum absolute atomic E-state index is 0.0979. The molecule has 16 nitrogen and oxygen atoms in total. The lowest BCUT2D eigenvalue weighted by Crippen LogP contribution is -2.59. The number of alkyl halides is 4. The molecular weight excluding hydrogens is 770 g/mol. The number of hydrogen-bond donors (Lipinski definition) is 8. The SMILES string of the molecule is [3H]c1cc([3H])cc(C(=O)N(C(=O)[C@H](Cc2ccc(C(F)(F)P(=O)(O)O)cc2)NC(=O)[C@@H](N)CCC(=O)O)[C@@H](Cc2ccc(C(F)(F)P(=O)(O)O)cc2)C(N)=O)c1. The van der Waals surface area contributed by atoms with E-state index in [1.165, 1.54) is 0 Å². The van der Waals surface area contributed by atoms with E-state index in [0.717, 1.165) is 42.5 Å². The second-order valence-corrected chi connectivity index (χ2v) is 15.0. The largest absolute Gasteiger partial charge is 0.481 e. The number of carbonyl (C=O) groups excluding carboxylic acids is 4. The molecule has 0 aromatic heterocycles. The Morgan fingerprint density at radius 2 is 1.24 bits per heavy atom. The van der Waals surface area contributed by atoms with Crippen LogP contribution in [0.1, 0.15) is 48.2 Å². The van der Waals surface area contributed by atoms with E-state index >= 15 is 0 Å². The van der Waals surface area contributed by atoms with Crippen molar-refractivity contribution >= 4 is 44.8 Å². The second-order valence-electron chi connectivity index (χ2n) is 11.7. The number of carboxylic acids is 1. The molecule has 22 heteroatoms. The van der Waals surface area contributed by atoms with E-state index in [9.17, 15) is 50.7 Å². The molecule has 54 heavy (non-hydrogen) atoms. The number of amides is 4. The predicted molar refractivity (Wildman–Crippen MR) is 180 cm³/mol. The molecule has 3 atom stereocenters. The number of hydrogen-bond acceptors (Lipinski definition) is 8. The summed E-state index contributed by atoms with van der Waals surface area (Å²) >= 11 is 0. The monoisotopic (exact) mass is 808 g/mol. The first kappa shape index (κ1) is 40.4. The number of halogens is 4. The summed E-state index contributed by atoms with van der Waals surface area (Å²) in [5.74, 6) is -6.80. The van der Waals surface area contributed by atoms with Crippen LogP contribution in [0, 0.1) is 0 Å². The first-order valence-electron chi connectivity index (χ1n) is 16.3. The fourth-order valence-electron chi connectivity index (χ4n) is 4.86. The Balaban J connectivity index is 2.18. The first-order valence-corrected chi connectivity index (χ1v) is 18.5. The number of carbonyl (C=O) groups is 5. The fourth-order valence-corrected chi connectivity index (χ4v) is 5.84. The van der Waals surface area contributed by atoms with Gasteiger partial charge in [0, 0.05) is 36.0 Å². The molecule has 0 aliphatic heterocycles. The summed E-state index contributed by atoms with van der Waals surface area (Å²) in [5, 5.41) is 11.2. The van der Waals surface area contributed by atoms with E-state index in [1.807, 2.05) is 0 Å². The number of imide groups is 1. The van der Waals surface area contributed by atoms with Crippen LogP contribution in [0.3, 0.4) is 0 Å². The Morgan fingerprint density at radius 1 is 0.796 bits per heavy atom. The Morgan fingerprint density at radius 3 is 1.65 bits per heavy atom. The number of primary amides is 1. The number of benzene rings is 3. The highest BCUT2D eigenvalue weighted by molar-refractivity contribution is 7.52. The topological polar surface area (TPSA) is 288 Å². The van der Waals surface area contributed by atoms with Gasteiger partial charge in [0.2, 0.25) is 11.8 Å². The highest BCUT2D eigenvalue weighted by atomic mass is 31.2. The summed E-state index contributed by atoms with van der Waals surface area (Å²) in [6.45, 7) is 0. The lowest BCUT2D eigenvalue weighted by atomic mass is 9.98. The van der Waals surface area contributed by atoms with Crippen LogP contribution >= 0.6 is 15.2 Å². The van der Waals surface area contributed by atoms with Crippen LogP contribution in [0.15, 0.2) is 78.8 Å². The van der Waals surface area contributed by atoms with Gasteiger partial charge in [0.25, 0.3) is 11.8 Å². The molecular formula is C32H34F4N4O12P2. The van der Waals surface area contributed by atoms with Gasteiger partial charge in [-0.25, -0.2) is 0 Å². The summed E-state index contributed by atoms with van der Waals surface area (Å²) in [6.07, 6.45) is -2.57. The molecule has 4 amide bonds. The maximum Gasteiger partial charge on any atom is 0.399 e. The van der Waals surface area contributed by atoms with Crippen LogP contribution in [0.5, 0.6) is 0 Å². The van der Waals surface area contributed by atoms with Crippen molar-refractivity contribution in [2.75, 3.05) is 0 Å². The zero-order valence-corrected chi connectivity index (χ0v) is 29.3. The van der Waals surface area contributed by atoms with E-state index in [2.05, 4.69) is 5.32 Å². The lowest BCUT2D eigenvalue weighted by Gasteiger charge is -2.32. The average molecular weight is 809 g/mol. The van der Waals surface area contributed by atoms with Gasteiger partial charge >= 0.3 is 32.5 Å². The number of aliphatic carboxylic acids is 1. The van der Waals surface area contributed by atoms with Gasteiger partial charge in [-0.15, -0.1) is 0 Å². The third-order valence-corrected chi connectivity index (χ3v) is 9.79. The van der Waals surface area contributed by atoms with Gasteiger partial charge in [-0.2, -0.15) is 17.6 Å². The minimum Gasteiger partial charge on any atom is -0.481 e. The van der Waals surface area contributed by atoms with E-state index in [1.54, 1.807) is 0 Å². The molecule has 0 aliphatic carbocycles. The normalized spacial score (nSPS) is 14.5. The highest BCUT2D eigenvalue weighted by Crippen LogP contribution is 2.60. The third kappa shape index (κ3) is 10.4. The van der Waals surface area contributed by atoms with Crippen molar-refractivity contribution in [1.29, 1.82) is 0 Å². The van der Waals surface area contributed by atoms with Gasteiger partial charge in [-0.1, -0.05) is 66.7 Å². The molecule has 0 fully saturated rings. The van der Waals surface area contributed by atoms with Crippen LogP contribution in [-0.4, -0.2) is 77.3 Å². The molecule has 0 saturated carbocycles. The molecule has 0 heterocycles. The van der Waals surface area contributed by atoms with E-state index in [-0.39, 0.29) is 16.0 Å². The second kappa shape index (κ2) is 17.1. The maximum absolute atomic E-state index is 14.5. The standard InChI is InChI=1S/C32H34F4N4O12P2/c33-31(34,53(47,48)49)21-10-6-18(7-11-21)16-24(39-28(44)23(37)14-15-26(41)42)30(46)40(29(45)20-4-2-1-3-5-20)25(27(38)43)17-19-8-12-22(13-9-19)32(35,36)54(50,51)52/h1-13,23-25H,14-17,37H2,(H2,38,43)(H,39,44)(H,41,42)(H2,47,48,49)(H2,50,51,52)/t23-,24-,25-/m0/s1/i2T,3T. The van der Waals surface area contributed by atoms with Crippen molar-refractivity contribution in [3.8, 4) is 0 Å². The molecule has 0 spiro atoms. The lowest BCUT2D eigenvalue weighted by molar-refractivity contribution is -0.140. The van der Waals surface area contributed by atoms with Gasteiger partial charge in [-0.3, -0.25) is 38.0 Å². The number of rotatable bonds is 17. The predicted octanol–water partition coefficient (Wildman–Crippen LogP) is 2.13. The fraction of sp³-hybridized carbons (Fsp3) is 0.281. The summed E-state index contributed by atoms with van der Waals surface area (Å²) < 4.78 is 96.0. The zero-order valence-electron chi connectivity index (χ0n) is 29.5. The Kier molecular flexibility index (Phi) is 12.8. The van der Waals surface area contributed by atoms with Crippen LogP contribution in [0.25, 0.3) is 0 Å². The molecule has 3 aromatic carbocycles. The number of nitrogens with two attached hydrogens (primary N) is 2. The Bertz CT molecular complexity index is 2070. The number of nitrogens with one attached hydrogen (secondary N) is 1. The van der Waals surface area contributed by atoms with E-state index < -0.39 is 129 Å². The van der Waals surface area contributed by atoms with Crippen molar-refractivity contribution in [2.24, 2.45) is 11.5 Å². The van der Waals surface area contributed by atoms with Crippen molar-refractivity contribution < 1.29 is 78.1 Å². The van der Waals surface area contributed by atoms with Gasteiger partial charge in [-0.05, 0) is 29.7 Å². The molecule has 292 valence electrons. The smallest absolute Gasteiger partial charge is 0.399 e. The van der Waals surface area contributed by atoms with E-state index in [0.29, 0.717) is 24.3 Å². The molecule has 0 aliphatic rings. The molecule has 0 bridgehead atoms. The molecule has 0 unspecified atom stereocenters. The van der Waals surface area contributed by atoms with Crippen molar-refractivity contribution in [2.45, 2.75) is 55.1 Å². The summed E-state index contributed by atoms with van der Waals surface area (Å²) in [5.41, 5.74) is -0.861. The maximum atomic E-state index is 14.5. The van der Waals surface area contributed by atoms with Crippen molar-refractivity contribution in [3.63, 3.8) is 0 Å². The number of carboxylic acid groups (broad SMARTS) is 1. The van der Waals surface area contributed by atoms with Crippen LogP contribution in [0.2, 0.25) is 0 Å². The summed E-state index contributed by atoms with van der Waals surface area (Å²) in [6, 6.07) is 2.23. The summed E-state index contributed by atoms with van der Waals surface area (Å²) in [4.78, 5) is 102. The molecule has 0 radical (unpaired) electrons. The minimum atomic E-state index is -6.01. The van der Waals surface area contributed by atoms with Crippen LogP contribution in [0.4, 0.5) is 17.6 Å². The molecule has 3 rings (SSSR count). The van der Waals surface area contributed by atoms with Crippen molar-refractivity contribution in [1.82, 2.24) is 10.2 Å². The molecule has 3 aromatic rings. The van der Waals surface area contributed by atoms with Gasteiger partial charge in [0.15, 0.2) is 0 Å². The number of nitrogens with zero attached hydrogens (tertiary/aromatic N) is 1. The van der Waals surface area contributed by atoms with Crippen LogP contribution < -0.4 is 16.8 Å².